The predicted octanol–water partition coefficient (Wildman–Crippen LogP) is 5.13. The van der Waals surface area contributed by atoms with Crippen LogP contribution in [-0.2, 0) is 9.47 Å². The van der Waals surface area contributed by atoms with Crippen molar-refractivity contribution in [3.63, 3.8) is 0 Å². The summed E-state index contributed by atoms with van der Waals surface area (Å²) in [6.07, 6.45) is 2.86. The van der Waals surface area contributed by atoms with E-state index in [1.54, 1.807) is 23.2 Å². The molecule has 1 aromatic carbocycles. The van der Waals surface area contributed by atoms with E-state index in [9.17, 15) is 9.59 Å². The molecule has 0 bridgehead atoms. The van der Waals surface area contributed by atoms with Crippen molar-refractivity contribution in [1.29, 1.82) is 0 Å². The number of alkyl halides is 1. The van der Waals surface area contributed by atoms with Gasteiger partial charge in [0.15, 0.2) is 0 Å². The number of piperidine rings is 1. The first-order chi connectivity index (χ1) is 15.1. The molecule has 8 heteroatoms. The number of nitrogens with zero attached hydrogens (tertiary/aromatic N) is 2. The number of hydrogen-bond donors (Lipinski definition) is 0. The molecular weight excluding hydrogens is 476 g/mol. The number of hydrogen-bond acceptors (Lipinski definition) is 6. The highest BCUT2D eigenvalue weighted by Gasteiger charge is 2.50. The molecule has 0 N–H and O–H groups in total. The third kappa shape index (κ3) is 4.33. The lowest BCUT2D eigenvalue weighted by molar-refractivity contribution is -0.00934. The Bertz CT molecular complexity index is 1020. The molecule has 4 rings (SSSR count). The fourth-order valence-electron chi connectivity index (χ4n) is 4.10. The van der Waals surface area contributed by atoms with E-state index in [2.05, 4.69) is 20.9 Å². The first kappa shape index (κ1) is 22.6. The number of esters is 1. The van der Waals surface area contributed by atoms with Crippen LogP contribution in [0.2, 0.25) is 0 Å². The van der Waals surface area contributed by atoms with Crippen LogP contribution in [0.3, 0.4) is 0 Å². The number of fused-ring (bicyclic) bond motifs is 1. The Morgan fingerprint density at radius 3 is 2.44 bits per heavy atom. The summed E-state index contributed by atoms with van der Waals surface area (Å²) < 4.78 is 16.6. The van der Waals surface area contributed by atoms with Crippen molar-refractivity contribution in [3.05, 3.63) is 47.7 Å². The number of aromatic nitrogens is 1. The molecule has 32 heavy (non-hydrogen) atoms. The van der Waals surface area contributed by atoms with Gasteiger partial charge in [0.05, 0.1) is 29.4 Å². The molecule has 0 radical (unpaired) electrons. The molecule has 7 nitrogen and oxygen atoms in total. The van der Waals surface area contributed by atoms with Gasteiger partial charge in [-0.25, -0.2) is 9.59 Å². The molecular formula is C24H27BrN2O5. The molecule has 0 saturated carbocycles. The molecule has 170 valence electrons. The lowest BCUT2D eigenvalue weighted by atomic mass is 9.87. The van der Waals surface area contributed by atoms with Crippen molar-refractivity contribution in [1.82, 2.24) is 9.88 Å². The van der Waals surface area contributed by atoms with E-state index in [-0.39, 0.29) is 16.9 Å². The summed E-state index contributed by atoms with van der Waals surface area (Å²) in [5, 5.41) is 0. The van der Waals surface area contributed by atoms with E-state index < -0.39 is 11.2 Å². The minimum atomic E-state index is -0.513. The van der Waals surface area contributed by atoms with Crippen LogP contribution in [0.15, 0.2) is 36.5 Å². The lowest BCUT2D eigenvalue weighted by Crippen LogP contribution is -2.50. The van der Waals surface area contributed by atoms with Gasteiger partial charge in [-0.15, -0.1) is 0 Å². The van der Waals surface area contributed by atoms with E-state index in [1.165, 1.54) is 7.11 Å². The Morgan fingerprint density at radius 2 is 1.84 bits per heavy atom. The zero-order valence-corrected chi connectivity index (χ0v) is 20.3. The van der Waals surface area contributed by atoms with Crippen LogP contribution in [0.4, 0.5) is 4.79 Å². The van der Waals surface area contributed by atoms with E-state index in [1.807, 2.05) is 39.0 Å². The number of pyridine rings is 1. The SMILES string of the molecule is COC(=O)c1ccc(-c2cc3c(cn2)OC2(CCN(C(=O)OC(C)(C)C)CC2)C3Br)cc1. The van der Waals surface area contributed by atoms with E-state index in [0.717, 1.165) is 22.6 Å². The summed E-state index contributed by atoms with van der Waals surface area (Å²) in [6, 6.07) is 9.19. The Morgan fingerprint density at radius 1 is 1.19 bits per heavy atom. The molecule has 1 atom stereocenters. The van der Waals surface area contributed by atoms with Crippen molar-refractivity contribution < 1.29 is 23.8 Å². The molecule has 2 aliphatic heterocycles. The largest absolute Gasteiger partial charge is 0.484 e. The van der Waals surface area contributed by atoms with Gasteiger partial charge >= 0.3 is 12.1 Å². The van der Waals surface area contributed by atoms with Crippen LogP contribution in [-0.4, -0.2) is 53.3 Å². The summed E-state index contributed by atoms with van der Waals surface area (Å²) in [4.78, 5) is 30.4. The average molecular weight is 503 g/mol. The highest BCUT2D eigenvalue weighted by atomic mass is 79.9. The fraction of sp³-hybridized carbons (Fsp3) is 0.458. The van der Waals surface area contributed by atoms with Crippen LogP contribution in [0.5, 0.6) is 5.75 Å². The van der Waals surface area contributed by atoms with Gasteiger partial charge in [0.2, 0.25) is 0 Å². The topological polar surface area (TPSA) is 78.0 Å². The zero-order chi connectivity index (χ0) is 23.1. The second-order valence-corrected chi connectivity index (χ2v) is 10.1. The zero-order valence-electron chi connectivity index (χ0n) is 18.7. The Hall–Kier alpha value is -2.61. The van der Waals surface area contributed by atoms with Gasteiger partial charge in [0.25, 0.3) is 0 Å². The van der Waals surface area contributed by atoms with Crippen LogP contribution in [0.25, 0.3) is 11.3 Å². The molecule has 2 aromatic rings. The highest BCUT2D eigenvalue weighted by Crippen LogP contribution is 2.53. The molecule has 1 aromatic heterocycles. The minimum Gasteiger partial charge on any atom is -0.484 e. The molecule has 1 amide bonds. The van der Waals surface area contributed by atoms with Crippen LogP contribution >= 0.6 is 15.9 Å². The second kappa shape index (κ2) is 8.39. The van der Waals surface area contributed by atoms with E-state index in [4.69, 9.17) is 14.2 Å². The normalized spacial score (nSPS) is 19.3. The molecule has 0 aliphatic carbocycles. The van der Waals surface area contributed by atoms with Crippen LogP contribution in [0, 0.1) is 0 Å². The number of benzene rings is 1. The first-order valence-corrected chi connectivity index (χ1v) is 11.5. The monoisotopic (exact) mass is 502 g/mol. The van der Waals surface area contributed by atoms with Crippen molar-refractivity contribution in [3.8, 4) is 17.0 Å². The minimum absolute atomic E-state index is 0.0121. The molecule has 1 saturated heterocycles. The molecule has 3 heterocycles. The van der Waals surface area contributed by atoms with Crippen molar-refractivity contribution in [2.24, 2.45) is 0 Å². The van der Waals surface area contributed by atoms with Crippen molar-refractivity contribution >= 4 is 28.0 Å². The lowest BCUT2D eigenvalue weighted by Gasteiger charge is -2.40. The summed E-state index contributed by atoms with van der Waals surface area (Å²) in [5.74, 6) is 0.388. The number of rotatable bonds is 2. The maximum Gasteiger partial charge on any atom is 0.410 e. The van der Waals surface area contributed by atoms with Gasteiger partial charge < -0.3 is 19.1 Å². The molecule has 2 aliphatic rings. The summed E-state index contributed by atoms with van der Waals surface area (Å²) in [6.45, 7) is 6.75. The average Bonchev–Trinajstić information content (AvgIpc) is 3.03. The number of carbonyl (C=O) groups is 2. The van der Waals surface area contributed by atoms with Crippen molar-refractivity contribution in [2.75, 3.05) is 20.2 Å². The molecule has 1 unspecified atom stereocenters. The number of likely N-dealkylation sites (tertiary alicyclic amines) is 1. The number of halogens is 1. The van der Waals surface area contributed by atoms with Crippen LogP contribution in [0.1, 0.15) is 54.4 Å². The molecule has 1 fully saturated rings. The fourth-order valence-corrected chi connectivity index (χ4v) is 5.01. The number of amides is 1. The maximum absolute atomic E-state index is 12.4. The quantitative estimate of drug-likeness (QED) is 0.418. The standard InChI is InChI=1S/C24H27BrN2O5/c1-23(2,3)32-22(29)27-11-9-24(10-12-27)20(25)17-13-18(26-14-19(17)31-24)15-5-7-16(8-6-15)21(28)30-4/h5-8,13-14,20H,9-12H2,1-4H3. The Labute approximate surface area is 196 Å². The van der Waals surface area contributed by atoms with Crippen molar-refractivity contribution in [2.45, 2.75) is 49.6 Å². The van der Waals surface area contributed by atoms with Crippen LogP contribution < -0.4 is 4.74 Å². The first-order valence-electron chi connectivity index (χ1n) is 10.6. The third-order valence-corrected chi connectivity index (χ3v) is 7.14. The van der Waals surface area contributed by atoms with E-state index in [0.29, 0.717) is 31.5 Å². The van der Waals surface area contributed by atoms with Gasteiger partial charge in [-0.2, -0.15) is 0 Å². The maximum atomic E-state index is 12.4. The smallest absolute Gasteiger partial charge is 0.410 e. The van der Waals surface area contributed by atoms with Gasteiger partial charge in [-0.1, -0.05) is 28.1 Å². The summed E-state index contributed by atoms with van der Waals surface area (Å²) in [5.41, 5.74) is 2.31. The summed E-state index contributed by atoms with van der Waals surface area (Å²) in [7, 11) is 1.36. The highest BCUT2D eigenvalue weighted by molar-refractivity contribution is 9.09. The summed E-state index contributed by atoms with van der Waals surface area (Å²) >= 11 is 3.86. The number of ether oxygens (including phenoxy) is 3. The second-order valence-electron chi connectivity index (χ2n) is 9.17. The van der Waals surface area contributed by atoms with E-state index >= 15 is 0 Å². The van der Waals surface area contributed by atoms with Gasteiger partial charge in [0.1, 0.15) is 17.0 Å². The number of methoxy groups -OCH3 is 1. The third-order valence-electron chi connectivity index (χ3n) is 5.81. The molecule has 1 spiro atoms. The van der Waals surface area contributed by atoms with Gasteiger partial charge in [-0.05, 0) is 39.0 Å². The van der Waals surface area contributed by atoms with Gasteiger partial charge in [-0.3, -0.25) is 4.98 Å². The Balaban J connectivity index is 1.48. The van der Waals surface area contributed by atoms with Gasteiger partial charge in [0, 0.05) is 37.1 Å². The predicted molar refractivity (Wildman–Crippen MR) is 123 cm³/mol. The number of carbonyl (C=O) groups excluding carboxylic acids is 2. The Kier molecular flexibility index (Phi) is 5.92.